The molecule has 20 heavy (non-hydrogen) atoms. The highest BCUT2D eigenvalue weighted by atomic mass is 79.9. The summed E-state index contributed by atoms with van der Waals surface area (Å²) in [5.74, 6) is 1.42. The molecule has 0 bridgehead atoms. The summed E-state index contributed by atoms with van der Waals surface area (Å²) in [5, 5.41) is 0. The molecule has 2 unspecified atom stereocenters. The number of rotatable bonds is 2. The van der Waals surface area contributed by atoms with Crippen LogP contribution in [0.1, 0.15) is 29.6 Å². The third-order valence-corrected chi connectivity index (χ3v) is 5.84. The molecule has 0 amide bonds. The molecule has 2 nitrogen and oxygen atoms in total. The summed E-state index contributed by atoms with van der Waals surface area (Å²) < 4.78 is 20.5. The molecule has 3 rings (SSSR count). The van der Waals surface area contributed by atoms with Gasteiger partial charge in [0.25, 0.3) is 0 Å². The van der Waals surface area contributed by atoms with Gasteiger partial charge in [0.2, 0.25) is 0 Å². The number of hydrogen-bond acceptors (Lipinski definition) is 3. The van der Waals surface area contributed by atoms with Crippen molar-refractivity contribution in [1.82, 2.24) is 0 Å². The van der Waals surface area contributed by atoms with Gasteiger partial charge in [0, 0.05) is 22.8 Å². The van der Waals surface area contributed by atoms with Gasteiger partial charge in [0.15, 0.2) is 5.78 Å². The van der Waals surface area contributed by atoms with Crippen LogP contribution in [0.5, 0.6) is 0 Å². The predicted octanol–water partition coefficient (Wildman–Crippen LogP) is 4.07. The van der Waals surface area contributed by atoms with E-state index in [2.05, 4.69) is 15.9 Å². The quantitative estimate of drug-likeness (QED) is 0.745. The lowest BCUT2D eigenvalue weighted by molar-refractivity contribution is -0.0735. The van der Waals surface area contributed by atoms with Crippen LogP contribution < -0.4 is 0 Å². The Labute approximate surface area is 130 Å². The monoisotopic (exact) mass is 358 g/mol. The fraction of sp³-hybridized carbons (Fsp3) is 0.533. The van der Waals surface area contributed by atoms with E-state index in [1.54, 1.807) is 12.1 Å². The standard InChI is InChI=1S/C15H16BrFO2S/c16-11-1-2-13(17)12(7-11)14(18)10-3-5-19-15(8-10)4-6-20-9-15/h1-2,7,10H,3-6,8-9H2. The smallest absolute Gasteiger partial charge is 0.169 e. The summed E-state index contributed by atoms with van der Waals surface area (Å²) in [6.07, 6.45) is 2.42. The molecule has 5 heteroatoms. The zero-order valence-electron chi connectivity index (χ0n) is 11.0. The minimum atomic E-state index is -0.431. The maximum absolute atomic E-state index is 13.9. The van der Waals surface area contributed by atoms with E-state index in [0.29, 0.717) is 13.0 Å². The molecule has 2 aliphatic heterocycles. The molecule has 0 saturated carbocycles. The van der Waals surface area contributed by atoms with Gasteiger partial charge in [-0.3, -0.25) is 4.79 Å². The summed E-state index contributed by atoms with van der Waals surface area (Å²) in [7, 11) is 0. The van der Waals surface area contributed by atoms with Crippen LogP contribution in [0.25, 0.3) is 0 Å². The topological polar surface area (TPSA) is 26.3 Å². The Morgan fingerprint density at radius 1 is 1.50 bits per heavy atom. The first-order valence-electron chi connectivity index (χ1n) is 6.81. The van der Waals surface area contributed by atoms with E-state index in [4.69, 9.17) is 4.74 Å². The van der Waals surface area contributed by atoms with Crippen molar-refractivity contribution in [2.24, 2.45) is 5.92 Å². The Hall–Kier alpha value is -0.390. The number of Topliss-reactive ketones (excluding diaryl/α,β-unsaturated/α-hetero) is 1. The highest BCUT2D eigenvalue weighted by molar-refractivity contribution is 9.10. The van der Waals surface area contributed by atoms with Crippen molar-refractivity contribution in [2.75, 3.05) is 18.1 Å². The Morgan fingerprint density at radius 2 is 2.35 bits per heavy atom. The normalized spacial score (nSPS) is 29.8. The number of halogens is 2. The number of thioether (sulfide) groups is 1. The van der Waals surface area contributed by atoms with E-state index >= 15 is 0 Å². The van der Waals surface area contributed by atoms with Crippen LogP contribution in [0.3, 0.4) is 0 Å². The number of carbonyl (C=O) groups is 1. The molecule has 1 aromatic rings. The largest absolute Gasteiger partial charge is 0.374 e. The number of hydrogen-bond donors (Lipinski definition) is 0. The van der Waals surface area contributed by atoms with Crippen molar-refractivity contribution in [3.63, 3.8) is 0 Å². The second kappa shape index (κ2) is 5.78. The van der Waals surface area contributed by atoms with E-state index in [-0.39, 0.29) is 22.9 Å². The molecule has 108 valence electrons. The van der Waals surface area contributed by atoms with Crippen molar-refractivity contribution in [1.29, 1.82) is 0 Å². The third kappa shape index (κ3) is 2.81. The predicted molar refractivity (Wildman–Crippen MR) is 81.8 cm³/mol. The molecule has 0 N–H and O–H groups in total. The molecule has 2 fully saturated rings. The first-order valence-corrected chi connectivity index (χ1v) is 8.75. The van der Waals surface area contributed by atoms with Gasteiger partial charge in [-0.15, -0.1) is 0 Å². The van der Waals surface area contributed by atoms with Gasteiger partial charge < -0.3 is 4.74 Å². The van der Waals surface area contributed by atoms with Crippen LogP contribution >= 0.6 is 27.7 Å². The van der Waals surface area contributed by atoms with Crippen molar-refractivity contribution in [3.8, 4) is 0 Å². The molecule has 2 atom stereocenters. The first-order chi connectivity index (χ1) is 9.60. The maximum atomic E-state index is 13.9. The van der Waals surface area contributed by atoms with Gasteiger partial charge in [0.1, 0.15) is 5.82 Å². The average Bonchev–Trinajstić information content (AvgIpc) is 2.88. The molecule has 1 aromatic carbocycles. The van der Waals surface area contributed by atoms with Crippen LogP contribution in [0.4, 0.5) is 4.39 Å². The minimum absolute atomic E-state index is 0.0802. The fourth-order valence-corrected chi connectivity index (χ4v) is 4.76. The average molecular weight is 359 g/mol. The molecule has 0 aliphatic carbocycles. The van der Waals surface area contributed by atoms with E-state index < -0.39 is 5.82 Å². The van der Waals surface area contributed by atoms with Gasteiger partial charge in [-0.25, -0.2) is 4.39 Å². The van der Waals surface area contributed by atoms with Crippen molar-refractivity contribution in [3.05, 3.63) is 34.1 Å². The van der Waals surface area contributed by atoms with Gasteiger partial charge in [-0.1, -0.05) is 15.9 Å². The molecule has 2 aliphatic rings. The molecule has 2 heterocycles. The zero-order valence-corrected chi connectivity index (χ0v) is 13.4. The molecule has 1 spiro atoms. The summed E-state index contributed by atoms with van der Waals surface area (Å²) in [5.41, 5.74) is 0.0539. The molecule has 2 saturated heterocycles. The lowest BCUT2D eigenvalue weighted by Gasteiger charge is -2.37. The summed E-state index contributed by atoms with van der Waals surface area (Å²) >= 11 is 5.18. The number of benzene rings is 1. The lowest BCUT2D eigenvalue weighted by Crippen LogP contribution is -2.42. The molecule has 0 aromatic heterocycles. The zero-order chi connectivity index (χ0) is 14.2. The van der Waals surface area contributed by atoms with Crippen molar-refractivity contribution >= 4 is 33.5 Å². The highest BCUT2D eigenvalue weighted by Crippen LogP contribution is 2.41. The maximum Gasteiger partial charge on any atom is 0.169 e. The summed E-state index contributed by atoms with van der Waals surface area (Å²) in [6, 6.07) is 4.55. The van der Waals surface area contributed by atoms with Crippen LogP contribution in [-0.2, 0) is 4.74 Å². The highest BCUT2D eigenvalue weighted by Gasteiger charge is 2.42. The number of carbonyl (C=O) groups excluding carboxylic acids is 1. The number of ketones is 1. The van der Waals surface area contributed by atoms with Gasteiger partial charge >= 0.3 is 0 Å². The Kier molecular flexibility index (Phi) is 4.20. The first kappa shape index (κ1) is 14.5. The summed E-state index contributed by atoms with van der Waals surface area (Å²) in [4.78, 5) is 12.6. The summed E-state index contributed by atoms with van der Waals surface area (Å²) in [6.45, 7) is 0.604. The molecular weight excluding hydrogens is 343 g/mol. The van der Waals surface area contributed by atoms with E-state index in [9.17, 15) is 9.18 Å². The van der Waals surface area contributed by atoms with Gasteiger partial charge in [0.05, 0.1) is 11.2 Å². The fourth-order valence-electron chi connectivity index (χ4n) is 3.02. The second-order valence-electron chi connectivity index (χ2n) is 5.51. The number of ether oxygens (including phenoxy) is 1. The van der Waals surface area contributed by atoms with Crippen molar-refractivity contribution < 1.29 is 13.9 Å². The van der Waals surface area contributed by atoms with E-state index in [1.807, 2.05) is 11.8 Å². The second-order valence-corrected chi connectivity index (χ2v) is 7.53. The Bertz CT molecular complexity index is 529. The van der Waals surface area contributed by atoms with Crippen LogP contribution in [0.2, 0.25) is 0 Å². The third-order valence-electron chi connectivity index (χ3n) is 4.12. The Morgan fingerprint density at radius 3 is 3.10 bits per heavy atom. The molecular formula is C15H16BrFO2S. The van der Waals surface area contributed by atoms with Gasteiger partial charge in [-0.2, -0.15) is 11.8 Å². The van der Waals surface area contributed by atoms with Crippen LogP contribution in [-0.4, -0.2) is 29.5 Å². The van der Waals surface area contributed by atoms with E-state index in [0.717, 1.165) is 28.8 Å². The van der Waals surface area contributed by atoms with E-state index in [1.165, 1.54) is 6.07 Å². The lowest BCUT2D eigenvalue weighted by atomic mass is 9.81. The molecule has 0 radical (unpaired) electrons. The SMILES string of the molecule is O=C(c1cc(Br)ccc1F)C1CCOC2(CCSC2)C1. The minimum Gasteiger partial charge on any atom is -0.374 e. The van der Waals surface area contributed by atoms with Crippen LogP contribution in [0, 0.1) is 11.7 Å². The van der Waals surface area contributed by atoms with Crippen LogP contribution in [0.15, 0.2) is 22.7 Å². The van der Waals surface area contributed by atoms with Crippen molar-refractivity contribution in [2.45, 2.75) is 24.9 Å². The Balaban J connectivity index is 1.81. The van der Waals surface area contributed by atoms with Gasteiger partial charge in [-0.05, 0) is 43.2 Å².